The van der Waals surface area contributed by atoms with Crippen LogP contribution in [0.25, 0.3) is 132 Å². The third-order valence-electron chi connectivity index (χ3n) is 23.6. The van der Waals surface area contributed by atoms with Gasteiger partial charge in [0.15, 0.2) is 0 Å². The summed E-state index contributed by atoms with van der Waals surface area (Å²) < 4.78 is 27.8. The first kappa shape index (κ1) is 78.6. The molecule has 9 nitrogen and oxygen atoms in total. The monoisotopic (exact) mass is 1530 g/mol. The first-order valence-electron chi connectivity index (χ1n) is 41.2. The van der Waals surface area contributed by atoms with E-state index < -0.39 is 0 Å². The molecule has 7 aromatic heterocycles. The second-order valence-electron chi connectivity index (χ2n) is 33.5. The van der Waals surface area contributed by atoms with Crippen LogP contribution in [-0.4, -0.2) is 18.3 Å². The van der Waals surface area contributed by atoms with Crippen molar-refractivity contribution < 1.29 is 22.5 Å². The van der Waals surface area contributed by atoms with Crippen LogP contribution < -0.4 is 18.1 Å². The van der Waals surface area contributed by atoms with Gasteiger partial charge in [-0.25, -0.2) is 18.3 Å². The van der Waals surface area contributed by atoms with E-state index in [9.17, 15) is 0 Å². The topological polar surface area (TPSA) is 48.6 Å². The molecule has 0 aliphatic carbocycles. The number of benzene rings is 11. The Morgan fingerprint density at radius 2 is 0.774 bits per heavy atom. The molecule has 115 heavy (non-hydrogen) atoms. The summed E-state index contributed by atoms with van der Waals surface area (Å²) in [5, 5.41) is 9.18. The standard InChI is InChI=1S/C29H31N2O.C29H31N2S.C29H33N2.C18H17N2/c2*1-18(2)23-17-24-22-13-9-10-14-25(22)32-28(24)26(19(3)4)27(23)31-16-15-30(6)29(31)21-12-8-7-11-20(21)5;1-20(2)26-18-24(23-13-8-7-9-14-23)19-27(21(3)4)28(26)31-17-16-30(6)29(31)25-15-11-10-12-22(25)5;1-12-7-6-9-15-14-8-4-5-10-16(14)20-11-13(2)19(3)18(20)17(12)15/h2*7-19H,1-6H3;7-21H,1-6H3;4-11H,1-3H3/q4*+1. The zero-order valence-corrected chi connectivity index (χ0v) is 72.0. The summed E-state index contributed by atoms with van der Waals surface area (Å²) in [7, 11) is 8.56. The number of pyridine rings is 1. The van der Waals surface area contributed by atoms with Gasteiger partial charge in [-0.3, -0.25) is 0 Å². The lowest BCUT2D eigenvalue weighted by molar-refractivity contribution is -0.659. The molecule has 0 fully saturated rings. The quantitative estimate of drug-likeness (QED) is 0.0838. The molecule has 0 N–H and O–H groups in total. The lowest BCUT2D eigenvalue weighted by Gasteiger charge is -2.20. The van der Waals surface area contributed by atoms with E-state index in [0.717, 1.165) is 11.2 Å². The largest absolute Gasteiger partial charge is 0.456 e. The SMILES string of the molecule is Cc1cccc2c3ccccc3[n+]3cc(C)n(C)c3c12.Cc1ccccc1-c1n(-c2c(C(C)C)cc(-c3ccccc3)cc2C(C)C)cc[n+]1C.Cc1ccccc1-c1n(-c2c(C(C)C)cc3c(oc4ccccc43)c2C(C)C)cc[n+]1C.Cc1ccccc1-c1n(-c2c(C(C)C)cc3c(sc4ccccc43)c2C(C)C)cc[n+]1C. The summed E-state index contributed by atoms with van der Waals surface area (Å²) in [5.41, 5.74) is 29.5. The molecule has 0 saturated heterocycles. The lowest BCUT2D eigenvalue weighted by Crippen LogP contribution is -2.29. The Morgan fingerprint density at radius 3 is 1.29 bits per heavy atom. The van der Waals surface area contributed by atoms with Gasteiger partial charge in [-0.15, -0.1) is 11.3 Å². The number of hydrogen-bond donors (Lipinski definition) is 0. The predicted octanol–water partition coefficient (Wildman–Crippen LogP) is 26.2. The van der Waals surface area contributed by atoms with E-state index in [2.05, 4.69) is 438 Å². The van der Waals surface area contributed by atoms with Crippen LogP contribution in [0.1, 0.15) is 180 Å². The van der Waals surface area contributed by atoms with Crippen molar-refractivity contribution in [3.8, 4) is 62.4 Å². The van der Waals surface area contributed by atoms with Gasteiger partial charge in [-0.1, -0.05) is 241 Å². The van der Waals surface area contributed by atoms with Gasteiger partial charge in [0.25, 0.3) is 23.1 Å². The second-order valence-corrected chi connectivity index (χ2v) is 34.5. The molecule has 0 aliphatic heterocycles. The minimum absolute atomic E-state index is 0.309. The molecular formula is C105H112N8OS+4. The fourth-order valence-electron chi connectivity index (χ4n) is 17.6. The number of para-hydroxylation sites is 2. The van der Waals surface area contributed by atoms with E-state index in [1.54, 1.807) is 0 Å². The Balaban J connectivity index is 0.000000122. The Labute approximate surface area is 683 Å². The zero-order chi connectivity index (χ0) is 81.1. The normalized spacial score (nSPS) is 11.8. The Hall–Kier alpha value is -11.7. The summed E-state index contributed by atoms with van der Waals surface area (Å²) in [6.45, 7) is 38.6. The Bertz CT molecular complexity index is 6420. The zero-order valence-electron chi connectivity index (χ0n) is 71.2. The molecule has 0 bridgehead atoms. The highest BCUT2D eigenvalue weighted by Gasteiger charge is 2.34. The summed E-state index contributed by atoms with van der Waals surface area (Å²) in [6.07, 6.45) is 15.4. The number of aromatic nitrogens is 8. The molecule has 0 spiro atoms. The highest BCUT2D eigenvalue weighted by atomic mass is 32.1. The maximum absolute atomic E-state index is 6.50. The number of hydrogen-bond acceptors (Lipinski definition) is 2. The Kier molecular flexibility index (Phi) is 22.0. The smallest absolute Gasteiger partial charge is 0.294 e. The maximum Gasteiger partial charge on any atom is 0.294 e. The van der Waals surface area contributed by atoms with E-state index in [0.29, 0.717) is 35.5 Å². The van der Waals surface area contributed by atoms with Gasteiger partial charge >= 0.3 is 0 Å². The molecule has 0 radical (unpaired) electrons. The number of rotatable bonds is 13. The van der Waals surface area contributed by atoms with E-state index in [1.807, 2.05) is 17.4 Å². The van der Waals surface area contributed by atoms with E-state index in [-0.39, 0.29) is 0 Å². The van der Waals surface area contributed by atoms with Crippen LogP contribution >= 0.6 is 11.3 Å². The van der Waals surface area contributed by atoms with Crippen molar-refractivity contribution in [1.29, 1.82) is 0 Å². The van der Waals surface area contributed by atoms with Crippen molar-refractivity contribution in [3.63, 3.8) is 0 Å². The Morgan fingerprint density at radius 1 is 0.357 bits per heavy atom. The van der Waals surface area contributed by atoms with E-state index in [4.69, 9.17) is 4.42 Å². The second kappa shape index (κ2) is 32.3. The van der Waals surface area contributed by atoms with Crippen LogP contribution in [0.2, 0.25) is 0 Å². The fraction of sp³-hybridized carbons (Fsp3) is 0.257. The lowest BCUT2D eigenvalue weighted by atomic mass is 9.88. The molecule has 7 heterocycles. The van der Waals surface area contributed by atoms with Crippen molar-refractivity contribution in [2.75, 3.05) is 0 Å². The minimum Gasteiger partial charge on any atom is -0.456 e. The molecular weight excluding hydrogens is 1420 g/mol. The average molecular weight is 1530 g/mol. The first-order valence-corrected chi connectivity index (χ1v) is 42.0. The van der Waals surface area contributed by atoms with Crippen molar-refractivity contribution in [1.82, 2.24) is 18.3 Å². The number of nitrogens with zero attached hydrogens (tertiary/aromatic N) is 8. The molecule has 0 atom stereocenters. The molecule has 0 saturated carbocycles. The summed E-state index contributed by atoms with van der Waals surface area (Å²) in [5.74, 6) is 5.97. The number of imidazole rings is 4. The summed E-state index contributed by atoms with van der Waals surface area (Å²) in [4.78, 5) is 0. The number of fused-ring (bicyclic) bond motifs is 12. The van der Waals surface area contributed by atoms with Gasteiger partial charge in [-0.2, -0.15) is 18.1 Å². The molecule has 18 rings (SSSR count). The van der Waals surface area contributed by atoms with Crippen molar-refractivity contribution in [2.45, 2.75) is 153 Å². The van der Waals surface area contributed by atoms with E-state index >= 15 is 0 Å². The van der Waals surface area contributed by atoms with Gasteiger partial charge in [-0.05, 0) is 157 Å². The number of aryl methyl sites for hydroxylation is 9. The van der Waals surface area contributed by atoms with Gasteiger partial charge in [0, 0.05) is 82.0 Å². The predicted molar refractivity (Wildman–Crippen MR) is 485 cm³/mol. The minimum atomic E-state index is 0.309. The molecule has 0 aliphatic rings. The summed E-state index contributed by atoms with van der Waals surface area (Å²) in [6, 6.07) is 78.8. The third kappa shape index (κ3) is 14.4. The van der Waals surface area contributed by atoms with Crippen molar-refractivity contribution >= 4 is 80.8 Å². The molecule has 11 aromatic carbocycles. The van der Waals surface area contributed by atoms with Gasteiger partial charge in [0.05, 0.1) is 50.3 Å². The van der Waals surface area contributed by atoms with Gasteiger partial charge < -0.3 is 4.42 Å². The van der Waals surface area contributed by atoms with Crippen molar-refractivity contribution in [2.24, 2.45) is 28.2 Å². The maximum atomic E-state index is 6.50. The van der Waals surface area contributed by atoms with Crippen LogP contribution in [0, 0.1) is 34.6 Å². The first-order chi connectivity index (χ1) is 55.3. The highest BCUT2D eigenvalue weighted by Crippen LogP contribution is 2.47. The number of furan rings is 1. The molecule has 0 amide bonds. The van der Waals surface area contributed by atoms with Crippen LogP contribution in [0.3, 0.4) is 0 Å². The molecule has 18 aromatic rings. The van der Waals surface area contributed by atoms with Crippen LogP contribution in [0.4, 0.5) is 0 Å². The van der Waals surface area contributed by atoms with Crippen LogP contribution in [0.5, 0.6) is 0 Å². The van der Waals surface area contributed by atoms with E-state index in [1.165, 1.54) is 182 Å². The van der Waals surface area contributed by atoms with Crippen LogP contribution in [0.15, 0.2) is 266 Å². The van der Waals surface area contributed by atoms with Crippen molar-refractivity contribution in [3.05, 3.63) is 323 Å². The third-order valence-corrected chi connectivity index (χ3v) is 24.8. The van der Waals surface area contributed by atoms with Crippen LogP contribution in [-0.2, 0) is 28.2 Å². The molecule has 580 valence electrons. The molecule has 0 unspecified atom stereocenters. The van der Waals surface area contributed by atoms with Gasteiger partial charge in [0.1, 0.15) is 82.8 Å². The van der Waals surface area contributed by atoms with Gasteiger partial charge in [0.2, 0.25) is 0 Å². The summed E-state index contributed by atoms with van der Waals surface area (Å²) >= 11 is 1.94. The molecule has 10 heteroatoms. The average Bonchev–Trinajstić information content (AvgIpc) is 1.59. The highest BCUT2D eigenvalue weighted by molar-refractivity contribution is 7.26. The fourth-order valence-corrected chi connectivity index (χ4v) is 18.9. The number of thiophene rings is 1.